The van der Waals surface area contributed by atoms with E-state index < -0.39 is 0 Å². The Morgan fingerprint density at radius 2 is 2.27 bits per heavy atom. The van der Waals surface area contributed by atoms with Gasteiger partial charge in [-0.15, -0.1) is 0 Å². The van der Waals surface area contributed by atoms with Crippen molar-refractivity contribution in [1.29, 1.82) is 0 Å². The Balaban J connectivity index is 2.37. The molecule has 1 aromatic carbocycles. The quantitative estimate of drug-likeness (QED) is 0.746. The average Bonchev–Trinajstić information content (AvgIpc) is 2.65. The van der Waals surface area contributed by atoms with E-state index in [0.29, 0.717) is 0 Å². The number of allylic oxidation sites excluding steroid dienone is 1. The molecule has 0 saturated heterocycles. The van der Waals surface area contributed by atoms with Gasteiger partial charge in [0.25, 0.3) is 0 Å². The Bertz CT molecular complexity index is 487. The predicted molar refractivity (Wildman–Crippen MR) is 70.8 cm³/mol. The summed E-state index contributed by atoms with van der Waals surface area (Å²) in [5, 5.41) is 1.96. The predicted octanol–water partition coefficient (Wildman–Crippen LogP) is 4.15. The molecule has 0 fully saturated rings. The Hall–Kier alpha value is -0.860. The summed E-state index contributed by atoms with van der Waals surface area (Å²) in [6.45, 7) is 0. The fraction of sp³-hybridized carbons (Fsp3) is 0.167. The standard InChI is InChI=1S/C12H12ClNS/c13-11-8-12-10(4-5-14-12)7-9(11)3-1-2-6-15/h1,3-5,7-8,14-15H,2,6H2. The smallest absolute Gasteiger partial charge is 0.0499 e. The number of thiol groups is 1. The Labute approximate surface area is 99.6 Å². The molecule has 2 aromatic rings. The van der Waals surface area contributed by atoms with Gasteiger partial charge in [0.2, 0.25) is 0 Å². The lowest BCUT2D eigenvalue weighted by molar-refractivity contribution is 1.26. The second-order valence-electron chi connectivity index (χ2n) is 3.35. The molecule has 15 heavy (non-hydrogen) atoms. The Kier molecular flexibility index (Phi) is 3.39. The molecule has 1 nitrogen and oxygen atoms in total. The number of H-pyrrole nitrogens is 1. The summed E-state index contributed by atoms with van der Waals surface area (Å²) in [7, 11) is 0. The van der Waals surface area contributed by atoms with Crippen LogP contribution in [-0.4, -0.2) is 10.7 Å². The fourth-order valence-electron chi connectivity index (χ4n) is 1.50. The van der Waals surface area contributed by atoms with Crippen molar-refractivity contribution in [3.8, 4) is 0 Å². The first-order valence-electron chi connectivity index (χ1n) is 4.85. The molecular weight excluding hydrogens is 226 g/mol. The van der Waals surface area contributed by atoms with Gasteiger partial charge in [0.15, 0.2) is 0 Å². The van der Waals surface area contributed by atoms with Crippen molar-refractivity contribution in [1.82, 2.24) is 4.98 Å². The first-order valence-corrected chi connectivity index (χ1v) is 5.86. The highest BCUT2D eigenvalue weighted by atomic mass is 35.5. The van der Waals surface area contributed by atoms with Gasteiger partial charge >= 0.3 is 0 Å². The third-order valence-corrected chi connectivity index (χ3v) is 2.85. The Morgan fingerprint density at radius 1 is 1.40 bits per heavy atom. The van der Waals surface area contributed by atoms with Gasteiger partial charge in [0, 0.05) is 22.1 Å². The maximum Gasteiger partial charge on any atom is 0.0499 e. The van der Waals surface area contributed by atoms with Gasteiger partial charge in [0.1, 0.15) is 0 Å². The Morgan fingerprint density at radius 3 is 3.07 bits per heavy atom. The monoisotopic (exact) mass is 237 g/mol. The van der Waals surface area contributed by atoms with Gasteiger partial charge in [0.05, 0.1) is 0 Å². The highest BCUT2D eigenvalue weighted by Crippen LogP contribution is 2.24. The topological polar surface area (TPSA) is 15.8 Å². The molecule has 0 amide bonds. The van der Waals surface area contributed by atoms with Crippen molar-refractivity contribution in [3.63, 3.8) is 0 Å². The van der Waals surface area contributed by atoms with Crippen molar-refractivity contribution >= 4 is 41.2 Å². The lowest BCUT2D eigenvalue weighted by atomic mass is 10.1. The summed E-state index contributed by atoms with van der Waals surface area (Å²) in [5.74, 6) is 0.862. The second-order valence-corrected chi connectivity index (χ2v) is 4.21. The van der Waals surface area contributed by atoms with E-state index in [1.807, 2.05) is 24.4 Å². The third-order valence-electron chi connectivity index (χ3n) is 2.26. The molecule has 3 heteroatoms. The molecule has 78 valence electrons. The van der Waals surface area contributed by atoms with E-state index in [-0.39, 0.29) is 0 Å². The van der Waals surface area contributed by atoms with Crippen molar-refractivity contribution in [3.05, 3.63) is 41.1 Å². The zero-order valence-electron chi connectivity index (χ0n) is 8.20. The van der Waals surface area contributed by atoms with Crippen molar-refractivity contribution in [2.45, 2.75) is 6.42 Å². The number of aromatic amines is 1. The summed E-state index contributed by atoms with van der Waals surface area (Å²) in [6.07, 6.45) is 7.02. The summed E-state index contributed by atoms with van der Waals surface area (Å²) in [4.78, 5) is 3.13. The number of halogens is 1. The molecule has 0 bridgehead atoms. The minimum absolute atomic E-state index is 0.778. The SMILES string of the molecule is SCCC=Cc1cc2cc[nH]c2cc1Cl. The third kappa shape index (κ3) is 2.39. The van der Waals surface area contributed by atoms with Gasteiger partial charge in [-0.3, -0.25) is 0 Å². The molecule has 0 saturated carbocycles. The largest absolute Gasteiger partial charge is 0.361 e. The number of hydrogen-bond acceptors (Lipinski definition) is 1. The van der Waals surface area contributed by atoms with E-state index >= 15 is 0 Å². The molecule has 0 atom stereocenters. The second kappa shape index (κ2) is 4.77. The van der Waals surface area contributed by atoms with Gasteiger partial charge in [-0.2, -0.15) is 12.6 Å². The van der Waals surface area contributed by atoms with Crippen LogP contribution in [0.3, 0.4) is 0 Å². The highest BCUT2D eigenvalue weighted by molar-refractivity contribution is 7.80. The molecule has 0 aliphatic carbocycles. The van der Waals surface area contributed by atoms with Crippen LogP contribution >= 0.6 is 24.2 Å². The lowest BCUT2D eigenvalue weighted by Gasteiger charge is -1.99. The van der Waals surface area contributed by atoms with Crippen molar-refractivity contribution in [2.75, 3.05) is 5.75 Å². The molecule has 0 radical (unpaired) electrons. The lowest BCUT2D eigenvalue weighted by Crippen LogP contribution is -1.77. The normalized spacial score (nSPS) is 11.6. The molecule has 1 N–H and O–H groups in total. The first-order chi connectivity index (χ1) is 7.31. The molecule has 1 aromatic heterocycles. The average molecular weight is 238 g/mol. The maximum absolute atomic E-state index is 6.15. The van der Waals surface area contributed by atoms with Crippen LogP contribution in [0.4, 0.5) is 0 Å². The minimum atomic E-state index is 0.778. The van der Waals surface area contributed by atoms with Crippen LogP contribution in [0.2, 0.25) is 5.02 Å². The van der Waals surface area contributed by atoms with Gasteiger partial charge in [-0.1, -0.05) is 23.8 Å². The van der Waals surface area contributed by atoms with Crippen molar-refractivity contribution < 1.29 is 0 Å². The van der Waals surface area contributed by atoms with E-state index in [1.165, 1.54) is 5.39 Å². The van der Waals surface area contributed by atoms with Crippen LogP contribution in [0.25, 0.3) is 17.0 Å². The maximum atomic E-state index is 6.15. The summed E-state index contributed by atoms with van der Waals surface area (Å²) in [6, 6.07) is 6.09. The molecule has 0 aliphatic heterocycles. The van der Waals surface area contributed by atoms with Gasteiger partial charge in [-0.25, -0.2) is 0 Å². The molecular formula is C12H12ClNS. The number of nitrogens with one attached hydrogen (secondary N) is 1. The van der Waals surface area contributed by atoms with E-state index in [1.54, 1.807) is 0 Å². The van der Waals surface area contributed by atoms with Crippen LogP contribution in [0.15, 0.2) is 30.5 Å². The van der Waals surface area contributed by atoms with E-state index in [2.05, 4.69) is 29.8 Å². The van der Waals surface area contributed by atoms with E-state index in [4.69, 9.17) is 11.6 Å². The van der Waals surface area contributed by atoms with E-state index in [9.17, 15) is 0 Å². The van der Waals surface area contributed by atoms with Gasteiger partial charge in [-0.05, 0) is 35.9 Å². The summed E-state index contributed by atoms with van der Waals surface area (Å²) >= 11 is 10.3. The number of benzene rings is 1. The molecule has 0 spiro atoms. The molecule has 2 rings (SSSR count). The fourth-order valence-corrected chi connectivity index (χ4v) is 1.88. The number of rotatable bonds is 3. The van der Waals surface area contributed by atoms with Crippen molar-refractivity contribution in [2.24, 2.45) is 0 Å². The number of fused-ring (bicyclic) bond motifs is 1. The molecule has 0 aliphatic rings. The number of hydrogen-bond donors (Lipinski definition) is 2. The number of aromatic nitrogens is 1. The van der Waals surface area contributed by atoms with Crippen LogP contribution in [0.1, 0.15) is 12.0 Å². The summed E-state index contributed by atoms with van der Waals surface area (Å²) < 4.78 is 0. The summed E-state index contributed by atoms with van der Waals surface area (Å²) in [5.41, 5.74) is 2.14. The minimum Gasteiger partial charge on any atom is -0.361 e. The zero-order valence-corrected chi connectivity index (χ0v) is 9.85. The van der Waals surface area contributed by atoms with Gasteiger partial charge < -0.3 is 4.98 Å². The first kappa shape index (κ1) is 10.7. The van der Waals surface area contributed by atoms with Crippen LogP contribution in [-0.2, 0) is 0 Å². The molecule has 1 heterocycles. The van der Waals surface area contributed by atoms with Crippen LogP contribution in [0.5, 0.6) is 0 Å². The molecule has 0 unspecified atom stereocenters. The zero-order chi connectivity index (χ0) is 10.7. The highest BCUT2D eigenvalue weighted by Gasteiger charge is 2.00. The van der Waals surface area contributed by atoms with Crippen LogP contribution in [0, 0.1) is 0 Å². The van der Waals surface area contributed by atoms with Crippen LogP contribution < -0.4 is 0 Å². The van der Waals surface area contributed by atoms with E-state index in [0.717, 1.165) is 28.3 Å².